The first kappa shape index (κ1) is 33.6. The van der Waals surface area contributed by atoms with Crippen molar-refractivity contribution in [3.8, 4) is 5.82 Å². The summed E-state index contributed by atoms with van der Waals surface area (Å²) in [6.07, 6.45) is 3.85. The topological polar surface area (TPSA) is 158 Å². The predicted octanol–water partition coefficient (Wildman–Crippen LogP) is 5.21. The molecule has 3 aromatic heterocycles. The van der Waals surface area contributed by atoms with Gasteiger partial charge in [0, 0.05) is 31.9 Å². The van der Waals surface area contributed by atoms with Crippen LogP contribution in [0.15, 0.2) is 78.2 Å². The van der Waals surface area contributed by atoms with E-state index >= 15 is 8.78 Å². The van der Waals surface area contributed by atoms with E-state index in [0.29, 0.717) is 48.3 Å². The number of fused-ring (bicyclic) bond motifs is 2. The van der Waals surface area contributed by atoms with Crippen molar-refractivity contribution in [3.05, 3.63) is 96.3 Å². The van der Waals surface area contributed by atoms with E-state index in [4.69, 9.17) is 4.98 Å². The summed E-state index contributed by atoms with van der Waals surface area (Å²) < 4.78 is 74.8. The third-order valence-electron chi connectivity index (χ3n) is 7.87. The van der Waals surface area contributed by atoms with Gasteiger partial charge in [-0.25, -0.2) is 41.5 Å². The zero-order chi connectivity index (χ0) is 34.7. The molecule has 0 atom stereocenters. The van der Waals surface area contributed by atoms with E-state index in [2.05, 4.69) is 25.0 Å². The maximum atomic E-state index is 15.8. The molecule has 3 aromatic carbocycles. The fourth-order valence-electron chi connectivity index (χ4n) is 5.44. The normalized spacial score (nSPS) is 11.7. The Bertz CT molecular complexity index is 2260. The fourth-order valence-corrected chi connectivity index (χ4v) is 6.75. The molecule has 0 saturated carbocycles. The van der Waals surface area contributed by atoms with Gasteiger partial charge in [-0.2, -0.15) is 0 Å². The average molecular weight is 693 g/mol. The van der Waals surface area contributed by atoms with E-state index in [-0.39, 0.29) is 30.1 Å². The lowest BCUT2D eigenvalue weighted by atomic mass is 10.2. The van der Waals surface area contributed by atoms with E-state index < -0.39 is 43.7 Å². The second kappa shape index (κ2) is 14.0. The molecule has 0 aliphatic heterocycles. The van der Waals surface area contributed by atoms with Crippen LogP contribution in [0.1, 0.15) is 18.4 Å². The number of para-hydroxylation sites is 1. The number of hydrogen-bond donors (Lipinski definition) is 4. The summed E-state index contributed by atoms with van der Waals surface area (Å²) in [5, 5.41) is 21.4. The molecular formula is C33H31F3N8O4S. The number of nitrogens with one attached hydrogen (secondary N) is 2. The van der Waals surface area contributed by atoms with Crippen LogP contribution in [0.25, 0.3) is 27.9 Å². The summed E-state index contributed by atoms with van der Waals surface area (Å²) in [5.74, 6) is -2.72. The number of aliphatic hydroxyl groups is 2. The maximum absolute atomic E-state index is 15.8. The number of hydrogen-bond acceptors (Lipinski definition) is 10. The zero-order valence-corrected chi connectivity index (χ0v) is 26.9. The van der Waals surface area contributed by atoms with Crippen LogP contribution in [-0.4, -0.2) is 69.4 Å². The molecule has 0 amide bonds. The molecule has 0 unspecified atom stereocenters. The van der Waals surface area contributed by atoms with Crippen molar-refractivity contribution in [3.63, 3.8) is 0 Å². The smallest absolute Gasteiger partial charge is 0.262 e. The molecule has 0 spiro atoms. The average Bonchev–Trinajstić information content (AvgIpc) is 3.54. The van der Waals surface area contributed by atoms with Gasteiger partial charge in [-0.05, 0) is 68.3 Å². The Kier molecular flexibility index (Phi) is 9.62. The molecule has 0 fully saturated rings. The van der Waals surface area contributed by atoms with E-state index in [9.17, 15) is 23.0 Å². The molecule has 0 saturated heterocycles. The Balaban J connectivity index is 1.36. The molecule has 0 aliphatic carbocycles. The Morgan fingerprint density at radius 3 is 2.37 bits per heavy atom. The number of anilines is 4. The minimum Gasteiger partial charge on any atom is -0.396 e. The van der Waals surface area contributed by atoms with Crippen molar-refractivity contribution in [1.29, 1.82) is 0 Å². The van der Waals surface area contributed by atoms with Crippen LogP contribution < -0.4 is 14.9 Å². The molecule has 16 heteroatoms. The molecule has 6 aromatic rings. The highest BCUT2D eigenvalue weighted by Crippen LogP contribution is 2.33. The van der Waals surface area contributed by atoms with Gasteiger partial charge in [0.1, 0.15) is 46.8 Å². The summed E-state index contributed by atoms with van der Waals surface area (Å²) in [7, 11) is -4.45. The second-order valence-corrected chi connectivity index (χ2v) is 12.7. The van der Waals surface area contributed by atoms with Crippen molar-refractivity contribution in [1.82, 2.24) is 24.5 Å². The number of nitrogens with zero attached hydrogens (tertiary/aromatic N) is 6. The highest BCUT2D eigenvalue weighted by molar-refractivity contribution is 7.92. The second-order valence-electron chi connectivity index (χ2n) is 11.0. The highest BCUT2D eigenvalue weighted by atomic mass is 32.2. The summed E-state index contributed by atoms with van der Waals surface area (Å²) in [5.41, 5.74) is 1.26. The predicted molar refractivity (Wildman–Crippen MR) is 179 cm³/mol. The van der Waals surface area contributed by atoms with Crippen molar-refractivity contribution in [2.45, 2.75) is 24.7 Å². The van der Waals surface area contributed by atoms with Gasteiger partial charge in [0.15, 0.2) is 11.6 Å². The standard InChI is InChI=1S/C33H31F3N8O4S/c1-20-21(34)6-2-9-27(20)49(47,48)42-23-11-10-22(35)30(29(23)36)41-33-31-24(37-18-38-33)12-13-28(40-31)44-19-39-32-25(7-3-8-26(32)44)43(14-4-16-45)15-5-17-46/h2-3,6-13,18-19,42,45-46H,4-5,14-17H2,1H3,(H,37,38,41). The maximum Gasteiger partial charge on any atom is 0.262 e. The van der Waals surface area contributed by atoms with Gasteiger partial charge in [-0.1, -0.05) is 12.1 Å². The van der Waals surface area contributed by atoms with Gasteiger partial charge in [-0.3, -0.25) is 9.29 Å². The van der Waals surface area contributed by atoms with Crippen LogP contribution in [0.4, 0.5) is 36.1 Å². The van der Waals surface area contributed by atoms with Crippen LogP contribution in [0.5, 0.6) is 0 Å². The van der Waals surface area contributed by atoms with Crippen molar-refractivity contribution >= 4 is 55.0 Å². The molecule has 6 rings (SSSR count). The number of aromatic nitrogens is 5. The van der Waals surface area contributed by atoms with Gasteiger partial charge < -0.3 is 20.4 Å². The Hall–Kier alpha value is -5.32. The fraction of sp³-hybridized carbons (Fsp3) is 0.212. The first-order valence-electron chi connectivity index (χ1n) is 15.2. The van der Waals surface area contributed by atoms with E-state index in [1.807, 2.05) is 23.1 Å². The van der Waals surface area contributed by atoms with Gasteiger partial charge >= 0.3 is 0 Å². The Morgan fingerprint density at radius 1 is 0.857 bits per heavy atom. The third kappa shape index (κ3) is 6.70. The molecule has 0 aliphatic rings. The number of imidazole rings is 1. The number of halogens is 3. The molecular weight excluding hydrogens is 661 g/mol. The zero-order valence-electron chi connectivity index (χ0n) is 26.1. The summed E-state index contributed by atoms with van der Waals surface area (Å²) >= 11 is 0. The molecule has 49 heavy (non-hydrogen) atoms. The van der Waals surface area contributed by atoms with Crippen molar-refractivity contribution in [2.75, 3.05) is 41.2 Å². The Labute approximate surface area is 279 Å². The van der Waals surface area contributed by atoms with Crippen LogP contribution in [0.2, 0.25) is 0 Å². The summed E-state index contributed by atoms with van der Waals surface area (Å²) in [6, 6.07) is 14.3. The number of rotatable bonds is 13. The Morgan fingerprint density at radius 2 is 1.61 bits per heavy atom. The van der Waals surface area contributed by atoms with Gasteiger partial charge in [-0.15, -0.1) is 0 Å². The number of pyridine rings is 1. The molecule has 254 valence electrons. The van der Waals surface area contributed by atoms with E-state index in [1.165, 1.54) is 25.4 Å². The monoisotopic (exact) mass is 692 g/mol. The lowest BCUT2D eigenvalue weighted by molar-refractivity contribution is 0.282. The minimum absolute atomic E-state index is 0.0157. The molecule has 12 nitrogen and oxygen atoms in total. The lowest BCUT2D eigenvalue weighted by Gasteiger charge is -2.24. The molecule has 0 bridgehead atoms. The van der Waals surface area contributed by atoms with E-state index in [1.54, 1.807) is 23.0 Å². The largest absolute Gasteiger partial charge is 0.396 e. The van der Waals surface area contributed by atoms with E-state index in [0.717, 1.165) is 23.9 Å². The van der Waals surface area contributed by atoms with Crippen LogP contribution in [0, 0.1) is 24.4 Å². The van der Waals surface area contributed by atoms with Gasteiger partial charge in [0.25, 0.3) is 10.0 Å². The minimum atomic E-state index is -4.45. The molecule has 3 heterocycles. The van der Waals surface area contributed by atoms with Crippen LogP contribution in [0.3, 0.4) is 0 Å². The lowest BCUT2D eigenvalue weighted by Crippen LogP contribution is -2.27. The van der Waals surface area contributed by atoms with Crippen LogP contribution >= 0.6 is 0 Å². The number of aliphatic hydroxyl groups excluding tert-OH is 2. The SMILES string of the molecule is Cc1c(F)cccc1S(=O)(=O)Nc1ccc(F)c(Nc2ncnc3ccc(-n4cnc5c(N(CCCO)CCCO)cccc54)nc23)c1F. The van der Waals surface area contributed by atoms with Crippen LogP contribution in [-0.2, 0) is 10.0 Å². The first-order chi connectivity index (χ1) is 23.6. The highest BCUT2D eigenvalue weighted by Gasteiger charge is 2.24. The van der Waals surface area contributed by atoms with Crippen molar-refractivity contribution < 1.29 is 31.8 Å². The summed E-state index contributed by atoms with van der Waals surface area (Å²) in [6.45, 7) is 2.42. The van der Waals surface area contributed by atoms with Gasteiger partial charge in [0.05, 0.1) is 27.3 Å². The number of benzene rings is 3. The summed E-state index contributed by atoms with van der Waals surface area (Å²) in [4.78, 5) is 19.4. The van der Waals surface area contributed by atoms with Crippen molar-refractivity contribution in [2.24, 2.45) is 0 Å². The molecule has 4 N–H and O–H groups in total. The quantitative estimate of drug-likeness (QED) is 0.127. The van der Waals surface area contributed by atoms with Gasteiger partial charge in [0.2, 0.25) is 0 Å². The third-order valence-corrected chi connectivity index (χ3v) is 9.38. The number of sulfonamides is 1. The first-order valence-corrected chi connectivity index (χ1v) is 16.7. The molecule has 0 radical (unpaired) electrons.